The van der Waals surface area contributed by atoms with Crippen LogP contribution in [-0.2, 0) is 11.3 Å². The summed E-state index contributed by atoms with van der Waals surface area (Å²) in [4.78, 5) is 36.2. The van der Waals surface area contributed by atoms with Crippen molar-refractivity contribution >= 4 is 34.7 Å². The molecule has 2 aliphatic heterocycles. The van der Waals surface area contributed by atoms with Crippen LogP contribution in [0.4, 0.5) is 11.4 Å². The van der Waals surface area contributed by atoms with Gasteiger partial charge in [-0.1, -0.05) is 13.3 Å². The van der Waals surface area contributed by atoms with Crippen molar-refractivity contribution < 1.29 is 19.5 Å². The number of carboxylic acids is 1. The molecule has 0 bridgehead atoms. The maximum absolute atomic E-state index is 12.7. The Bertz CT molecular complexity index is 1090. The number of anilines is 2. The standard InChI is InChI=1S/C22H22N4O4/c1-2-3-8-23-20(27)12-4-7-17-15(10-12)18(21(28)26-17)19-24-11-14-9-13(22(29)30)5-6-16(14)25-19/h4-7,9-10,24-25H,2-3,8,11H2,1H3,(H,23,27)(H,26,28)(H,29,30)/b19-18-. The van der Waals surface area contributed by atoms with E-state index in [-0.39, 0.29) is 17.4 Å². The zero-order valence-electron chi connectivity index (χ0n) is 16.5. The van der Waals surface area contributed by atoms with Crippen molar-refractivity contribution in [3.63, 3.8) is 0 Å². The van der Waals surface area contributed by atoms with Crippen LogP contribution in [0.25, 0.3) is 5.57 Å². The first-order valence-corrected chi connectivity index (χ1v) is 9.83. The molecule has 0 saturated heterocycles. The molecule has 2 aromatic rings. The second-order valence-electron chi connectivity index (χ2n) is 7.23. The molecular formula is C22H22N4O4. The molecule has 30 heavy (non-hydrogen) atoms. The largest absolute Gasteiger partial charge is 0.478 e. The predicted octanol–water partition coefficient (Wildman–Crippen LogP) is 2.75. The number of rotatable bonds is 5. The summed E-state index contributed by atoms with van der Waals surface area (Å²) in [6.45, 7) is 3.04. The quantitative estimate of drug-likeness (QED) is 0.385. The molecule has 2 heterocycles. The molecule has 2 aromatic carbocycles. The van der Waals surface area contributed by atoms with Crippen molar-refractivity contribution in [1.29, 1.82) is 0 Å². The Labute approximate surface area is 173 Å². The van der Waals surface area contributed by atoms with Crippen LogP contribution >= 0.6 is 0 Å². The lowest BCUT2D eigenvalue weighted by molar-refractivity contribution is -0.110. The number of hydrogen-bond acceptors (Lipinski definition) is 5. The first-order chi connectivity index (χ1) is 14.5. The van der Waals surface area contributed by atoms with Crippen molar-refractivity contribution in [2.24, 2.45) is 0 Å². The lowest BCUT2D eigenvalue weighted by Crippen LogP contribution is -2.28. The summed E-state index contributed by atoms with van der Waals surface area (Å²) in [7, 11) is 0. The number of unbranched alkanes of at least 4 members (excludes halogenated alkanes) is 1. The number of nitrogens with one attached hydrogen (secondary N) is 4. The van der Waals surface area contributed by atoms with E-state index < -0.39 is 5.97 Å². The third kappa shape index (κ3) is 3.59. The fourth-order valence-corrected chi connectivity index (χ4v) is 3.55. The predicted molar refractivity (Wildman–Crippen MR) is 113 cm³/mol. The van der Waals surface area contributed by atoms with Gasteiger partial charge in [0.25, 0.3) is 11.8 Å². The fraction of sp³-hybridized carbons (Fsp3) is 0.227. The topological polar surface area (TPSA) is 120 Å². The summed E-state index contributed by atoms with van der Waals surface area (Å²) < 4.78 is 0. The van der Waals surface area contributed by atoms with Gasteiger partial charge >= 0.3 is 5.97 Å². The van der Waals surface area contributed by atoms with Gasteiger partial charge in [0.05, 0.1) is 11.1 Å². The second-order valence-corrected chi connectivity index (χ2v) is 7.23. The van der Waals surface area contributed by atoms with Gasteiger partial charge in [-0.3, -0.25) is 9.59 Å². The van der Waals surface area contributed by atoms with E-state index in [1.54, 1.807) is 30.3 Å². The minimum atomic E-state index is -0.990. The van der Waals surface area contributed by atoms with Crippen LogP contribution in [0, 0.1) is 0 Å². The zero-order chi connectivity index (χ0) is 21.3. The van der Waals surface area contributed by atoms with E-state index in [0.717, 1.165) is 24.1 Å². The Morgan fingerprint density at radius 2 is 1.83 bits per heavy atom. The first-order valence-electron chi connectivity index (χ1n) is 9.83. The Kier molecular flexibility index (Phi) is 5.14. The molecule has 0 unspecified atom stereocenters. The molecule has 0 aliphatic carbocycles. The Hall–Kier alpha value is -3.81. The molecule has 0 atom stereocenters. The summed E-state index contributed by atoms with van der Waals surface area (Å²) >= 11 is 0. The van der Waals surface area contributed by atoms with Crippen LogP contribution in [0.15, 0.2) is 42.2 Å². The third-order valence-corrected chi connectivity index (χ3v) is 5.16. The van der Waals surface area contributed by atoms with E-state index in [1.807, 2.05) is 0 Å². The van der Waals surface area contributed by atoms with Gasteiger partial charge in [0.15, 0.2) is 0 Å². The maximum atomic E-state index is 12.7. The number of amides is 2. The van der Waals surface area contributed by atoms with Crippen LogP contribution in [0.1, 0.15) is 51.6 Å². The number of carbonyl (C=O) groups excluding carboxylic acids is 2. The van der Waals surface area contributed by atoms with Gasteiger partial charge in [0, 0.05) is 35.6 Å². The van der Waals surface area contributed by atoms with E-state index >= 15 is 0 Å². The third-order valence-electron chi connectivity index (χ3n) is 5.16. The van der Waals surface area contributed by atoms with E-state index in [1.165, 1.54) is 6.07 Å². The summed E-state index contributed by atoms with van der Waals surface area (Å²) in [6, 6.07) is 9.93. The molecule has 0 saturated carbocycles. The van der Waals surface area contributed by atoms with Crippen LogP contribution < -0.4 is 21.3 Å². The van der Waals surface area contributed by atoms with Crippen molar-refractivity contribution in [1.82, 2.24) is 10.6 Å². The number of hydrogen-bond donors (Lipinski definition) is 5. The number of benzene rings is 2. The highest BCUT2D eigenvalue weighted by molar-refractivity contribution is 6.32. The summed E-state index contributed by atoms with van der Waals surface area (Å²) in [6.07, 6.45) is 1.90. The van der Waals surface area contributed by atoms with Crippen LogP contribution in [0.5, 0.6) is 0 Å². The van der Waals surface area contributed by atoms with Crippen molar-refractivity contribution in [3.05, 3.63) is 64.5 Å². The minimum absolute atomic E-state index is 0.175. The average Bonchev–Trinajstić information content (AvgIpc) is 3.07. The summed E-state index contributed by atoms with van der Waals surface area (Å²) in [5.74, 6) is -0.915. The number of carboxylic acid groups (broad SMARTS) is 1. The van der Waals surface area contributed by atoms with Crippen LogP contribution in [0.3, 0.4) is 0 Å². The molecule has 4 rings (SSSR count). The fourth-order valence-electron chi connectivity index (χ4n) is 3.55. The van der Waals surface area contributed by atoms with Crippen molar-refractivity contribution in [2.45, 2.75) is 26.3 Å². The highest BCUT2D eigenvalue weighted by Gasteiger charge is 2.30. The molecule has 8 heteroatoms. The first kappa shape index (κ1) is 19.5. The molecule has 0 aromatic heterocycles. The van der Waals surface area contributed by atoms with Crippen molar-refractivity contribution in [3.8, 4) is 0 Å². The van der Waals surface area contributed by atoms with Gasteiger partial charge < -0.3 is 26.4 Å². The van der Waals surface area contributed by atoms with E-state index in [2.05, 4.69) is 28.2 Å². The summed E-state index contributed by atoms with van der Waals surface area (Å²) in [5, 5.41) is 21.2. The Morgan fingerprint density at radius 3 is 2.60 bits per heavy atom. The smallest absolute Gasteiger partial charge is 0.335 e. The number of aromatic carboxylic acids is 1. The monoisotopic (exact) mass is 406 g/mol. The molecule has 2 aliphatic rings. The van der Waals surface area contributed by atoms with Gasteiger partial charge in [-0.25, -0.2) is 4.79 Å². The summed E-state index contributed by atoms with van der Waals surface area (Å²) in [5.41, 5.74) is 3.92. The SMILES string of the molecule is CCCCNC(=O)c1ccc2c(c1)/C(=C1\NCc3cc(C(=O)O)ccc3N1)C(=O)N2. The van der Waals surface area contributed by atoms with E-state index in [9.17, 15) is 14.4 Å². The van der Waals surface area contributed by atoms with Crippen LogP contribution in [0.2, 0.25) is 0 Å². The molecular weight excluding hydrogens is 384 g/mol. The number of carbonyl (C=O) groups is 3. The van der Waals surface area contributed by atoms with Gasteiger partial charge in [0.2, 0.25) is 0 Å². The highest BCUT2D eigenvalue weighted by Crippen LogP contribution is 2.36. The molecule has 0 radical (unpaired) electrons. The maximum Gasteiger partial charge on any atom is 0.335 e. The molecule has 0 spiro atoms. The number of fused-ring (bicyclic) bond motifs is 2. The van der Waals surface area contributed by atoms with Gasteiger partial charge in [-0.2, -0.15) is 0 Å². The molecule has 2 amide bonds. The van der Waals surface area contributed by atoms with E-state index in [4.69, 9.17) is 5.11 Å². The van der Waals surface area contributed by atoms with Crippen molar-refractivity contribution in [2.75, 3.05) is 17.2 Å². The highest BCUT2D eigenvalue weighted by atomic mass is 16.4. The lowest BCUT2D eigenvalue weighted by atomic mass is 10.0. The Balaban J connectivity index is 1.65. The normalized spacial score (nSPS) is 16.6. The average molecular weight is 406 g/mol. The van der Waals surface area contributed by atoms with Gasteiger partial charge in [0.1, 0.15) is 5.82 Å². The molecule has 5 N–H and O–H groups in total. The van der Waals surface area contributed by atoms with Crippen LogP contribution in [-0.4, -0.2) is 29.4 Å². The Morgan fingerprint density at radius 1 is 1.07 bits per heavy atom. The minimum Gasteiger partial charge on any atom is -0.478 e. The van der Waals surface area contributed by atoms with Gasteiger partial charge in [-0.05, 0) is 48.4 Å². The van der Waals surface area contributed by atoms with Gasteiger partial charge in [-0.15, -0.1) is 0 Å². The molecule has 0 fully saturated rings. The van der Waals surface area contributed by atoms with E-state index in [0.29, 0.717) is 41.3 Å². The molecule has 154 valence electrons. The zero-order valence-corrected chi connectivity index (χ0v) is 16.5. The molecule has 8 nitrogen and oxygen atoms in total. The second kappa shape index (κ2) is 7.90. The lowest BCUT2D eigenvalue weighted by Gasteiger charge is -2.24.